The van der Waals surface area contributed by atoms with Crippen LogP contribution in [0.2, 0.25) is 0 Å². The van der Waals surface area contributed by atoms with Gasteiger partial charge in [0.05, 0.1) is 16.7 Å². The molecule has 0 atom stereocenters. The molecule has 0 amide bonds. The fraction of sp³-hybridized carbons (Fsp3) is 0.308. The maximum atomic E-state index is 12.3. The minimum atomic E-state index is -3.46. The van der Waals surface area contributed by atoms with Gasteiger partial charge in [-0.1, -0.05) is 29.5 Å². The summed E-state index contributed by atoms with van der Waals surface area (Å²) in [6, 6.07) is 8.70. The summed E-state index contributed by atoms with van der Waals surface area (Å²) in [5, 5.41) is 16.9. The predicted molar refractivity (Wildman–Crippen MR) is 79.4 cm³/mol. The molecule has 0 aliphatic heterocycles. The number of rotatable bonds is 5. The van der Waals surface area contributed by atoms with Crippen molar-refractivity contribution in [3.05, 3.63) is 35.7 Å². The van der Waals surface area contributed by atoms with Crippen LogP contribution in [0.1, 0.15) is 11.4 Å². The van der Waals surface area contributed by atoms with E-state index in [1.807, 2.05) is 13.0 Å². The van der Waals surface area contributed by atoms with Gasteiger partial charge in [-0.3, -0.25) is 0 Å². The van der Waals surface area contributed by atoms with Crippen molar-refractivity contribution in [1.29, 1.82) is 5.26 Å². The average Bonchev–Trinajstić information content (AvgIpc) is 2.77. The molecule has 0 saturated heterocycles. The Morgan fingerprint density at radius 1 is 1.29 bits per heavy atom. The molecule has 0 fully saturated rings. The highest BCUT2D eigenvalue weighted by Crippen LogP contribution is 2.19. The third-order valence-corrected chi connectivity index (χ3v) is 5.41. The van der Waals surface area contributed by atoms with E-state index in [4.69, 9.17) is 5.26 Å². The van der Waals surface area contributed by atoms with E-state index in [9.17, 15) is 8.42 Å². The van der Waals surface area contributed by atoms with Gasteiger partial charge in [0.2, 0.25) is 0 Å². The van der Waals surface area contributed by atoms with Gasteiger partial charge in [0.25, 0.3) is 0 Å². The second-order valence-corrected chi connectivity index (χ2v) is 7.41. The van der Waals surface area contributed by atoms with E-state index in [0.29, 0.717) is 11.0 Å². The van der Waals surface area contributed by atoms with Crippen molar-refractivity contribution in [2.45, 2.75) is 22.7 Å². The number of benzene rings is 1. The van der Waals surface area contributed by atoms with Crippen LogP contribution in [0.5, 0.6) is 0 Å². The molecule has 0 unspecified atom stereocenters. The molecule has 0 spiro atoms. The third-order valence-electron chi connectivity index (χ3n) is 2.89. The highest BCUT2D eigenvalue weighted by molar-refractivity contribution is 7.99. The maximum Gasteiger partial charge on any atom is 0.191 e. The molecule has 0 aliphatic rings. The van der Waals surface area contributed by atoms with Gasteiger partial charge in [0.1, 0.15) is 11.6 Å². The summed E-state index contributed by atoms with van der Waals surface area (Å²) in [6.07, 6.45) is 0. The van der Waals surface area contributed by atoms with Crippen molar-refractivity contribution in [2.24, 2.45) is 7.05 Å². The molecule has 1 aromatic carbocycles. The zero-order chi connectivity index (χ0) is 15.5. The van der Waals surface area contributed by atoms with Crippen molar-refractivity contribution < 1.29 is 8.42 Å². The molecule has 1 heterocycles. The largest absolute Gasteiger partial charge is 0.308 e. The molecule has 2 aromatic rings. The highest BCUT2D eigenvalue weighted by Gasteiger charge is 2.20. The lowest BCUT2D eigenvalue weighted by Gasteiger charge is -2.05. The second-order valence-electron chi connectivity index (χ2n) is 4.48. The summed E-state index contributed by atoms with van der Waals surface area (Å²) in [6.45, 7) is 1.90. The van der Waals surface area contributed by atoms with Crippen molar-refractivity contribution in [2.75, 3.05) is 5.75 Å². The van der Waals surface area contributed by atoms with E-state index < -0.39 is 9.84 Å². The molecule has 1 aromatic heterocycles. The molecule has 0 radical (unpaired) electrons. The Bertz CT molecular complexity index is 773. The van der Waals surface area contributed by atoms with Gasteiger partial charge in [-0.25, -0.2) is 8.42 Å². The Kier molecular flexibility index (Phi) is 4.65. The van der Waals surface area contributed by atoms with Gasteiger partial charge in [0, 0.05) is 7.05 Å². The summed E-state index contributed by atoms with van der Waals surface area (Å²) in [4.78, 5) is 0.266. The Hall–Kier alpha value is -1.85. The van der Waals surface area contributed by atoms with Crippen molar-refractivity contribution in [3.63, 3.8) is 0 Å². The Balaban J connectivity index is 2.23. The summed E-state index contributed by atoms with van der Waals surface area (Å²) in [5.41, 5.74) is 1.00. The van der Waals surface area contributed by atoms with Gasteiger partial charge in [-0.2, -0.15) is 5.26 Å². The lowest BCUT2D eigenvalue weighted by molar-refractivity contribution is 0.591. The summed E-state index contributed by atoms with van der Waals surface area (Å²) in [7, 11) is -1.76. The fourth-order valence-corrected chi connectivity index (χ4v) is 3.59. The molecule has 110 valence electrons. The molecule has 21 heavy (non-hydrogen) atoms. The predicted octanol–water partition coefficient (Wildman–Crippen LogP) is 1.71. The number of hydrogen-bond acceptors (Lipinski definition) is 6. The summed E-state index contributed by atoms with van der Waals surface area (Å²) in [5.74, 6) is 0.389. The Morgan fingerprint density at radius 2 is 1.95 bits per heavy atom. The van der Waals surface area contributed by atoms with Gasteiger partial charge in [0.15, 0.2) is 15.0 Å². The number of thioether (sulfide) groups is 1. The minimum Gasteiger partial charge on any atom is -0.308 e. The minimum absolute atomic E-state index is 0.216. The van der Waals surface area contributed by atoms with E-state index in [0.717, 1.165) is 5.56 Å². The number of sulfone groups is 1. The molecule has 0 bridgehead atoms. The van der Waals surface area contributed by atoms with Gasteiger partial charge < -0.3 is 4.57 Å². The molecule has 0 saturated carbocycles. The van der Waals surface area contributed by atoms with E-state index in [1.54, 1.807) is 35.9 Å². The van der Waals surface area contributed by atoms with E-state index in [1.165, 1.54) is 11.8 Å². The molecule has 0 N–H and O–H groups in total. The fourth-order valence-electron chi connectivity index (χ4n) is 1.69. The topological polar surface area (TPSA) is 88.6 Å². The number of nitrogens with zero attached hydrogens (tertiary/aromatic N) is 4. The number of aromatic nitrogens is 3. The monoisotopic (exact) mass is 322 g/mol. The van der Waals surface area contributed by atoms with Crippen LogP contribution in [0.4, 0.5) is 0 Å². The molecule has 8 heteroatoms. The normalized spacial score (nSPS) is 11.3. The SMILES string of the molecule is Cc1ccc(S(=O)(=O)Cc2nnc(SCC#N)n2C)cc1. The van der Waals surface area contributed by atoms with Crippen molar-refractivity contribution in [3.8, 4) is 6.07 Å². The van der Waals surface area contributed by atoms with E-state index >= 15 is 0 Å². The lowest BCUT2D eigenvalue weighted by Crippen LogP contribution is -2.09. The Labute approximate surface area is 127 Å². The van der Waals surface area contributed by atoms with Crippen LogP contribution in [0, 0.1) is 18.3 Å². The number of nitriles is 1. The average molecular weight is 322 g/mol. The van der Waals surface area contributed by atoms with Gasteiger partial charge in [-0.05, 0) is 19.1 Å². The zero-order valence-electron chi connectivity index (χ0n) is 11.6. The smallest absolute Gasteiger partial charge is 0.191 e. The molecule has 2 rings (SSSR count). The van der Waals surface area contributed by atoms with E-state index in [2.05, 4.69) is 10.2 Å². The van der Waals surface area contributed by atoms with Crippen LogP contribution in [0.25, 0.3) is 0 Å². The Morgan fingerprint density at radius 3 is 2.57 bits per heavy atom. The van der Waals surface area contributed by atoms with Crippen molar-refractivity contribution >= 4 is 21.6 Å². The standard InChI is InChI=1S/C13H14N4O2S2/c1-10-3-5-11(6-4-10)21(18,19)9-12-15-16-13(17(12)2)20-8-7-14/h3-6H,8-9H2,1-2H3. The van der Waals surface area contributed by atoms with Crippen LogP contribution >= 0.6 is 11.8 Å². The molecular weight excluding hydrogens is 308 g/mol. The summed E-state index contributed by atoms with van der Waals surface area (Å²) < 4.78 is 26.3. The van der Waals surface area contributed by atoms with Crippen LogP contribution in [0.15, 0.2) is 34.3 Å². The second kappa shape index (κ2) is 6.28. The lowest BCUT2D eigenvalue weighted by atomic mass is 10.2. The molecular formula is C13H14N4O2S2. The van der Waals surface area contributed by atoms with E-state index in [-0.39, 0.29) is 16.4 Å². The zero-order valence-corrected chi connectivity index (χ0v) is 13.3. The van der Waals surface area contributed by atoms with Crippen LogP contribution in [-0.2, 0) is 22.6 Å². The molecule has 6 nitrogen and oxygen atoms in total. The van der Waals surface area contributed by atoms with Crippen LogP contribution in [-0.4, -0.2) is 28.9 Å². The molecule has 0 aliphatic carbocycles. The summed E-state index contributed by atoms with van der Waals surface area (Å²) >= 11 is 1.23. The van der Waals surface area contributed by atoms with Crippen molar-refractivity contribution in [1.82, 2.24) is 14.8 Å². The van der Waals surface area contributed by atoms with Gasteiger partial charge >= 0.3 is 0 Å². The maximum absolute atomic E-state index is 12.3. The van der Waals surface area contributed by atoms with Crippen LogP contribution in [0.3, 0.4) is 0 Å². The first-order valence-corrected chi connectivity index (χ1v) is 8.75. The quantitative estimate of drug-likeness (QED) is 0.779. The first-order chi connectivity index (χ1) is 9.94. The van der Waals surface area contributed by atoms with Crippen LogP contribution < -0.4 is 0 Å². The van der Waals surface area contributed by atoms with Gasteiger partial charge in [-0.15, -0.1) is 10.2 Å². The number of aryl methyl sites for hydroxylation is 1. The third kappa shape index (κ3) is 3.62. The highest BCUT2D eigenvalue weighted by atomic mass is 32.2. The first-order valence-electron chi connectivity index (χ1n) is 6.11. The number of hydrogen-bond donors (Lipinski definition) is 0. The first kappa shape index (κ1) is 15.5.